The Labute approximate surface area is 135 Å². The molecule has 0 bridgehead atoms. The predicted molar refractivity (Wildman–Crippen MR) is 88.9 cm³/mol. The maximum Gasteiger partial charge on any atom is 0.277 e. The molecule has 0 radical (unpaired) electrons. The molecule has 23 heavy (non-hydrogen) atoms. The van der Waals surface area contributed by atoms with Crippen molar-refractivity contribution in [2.75, 3.05) is 5.32 Å². The third-order valence-electron chi connectivity index (χ3n) is 3.52. The first kappa shape index (κ1) is 15.2. The number of rotatable bonds is 3. The number of carbonyl (C=O) groups excluding carboxylic acids is 1. The number of aromatic amines is 2. The van der Waals surface area contributed by atoms with Gasteiger partial charge < -0.3 is 5.32 Å². The Morgan fingerprint density at radius 1 is 1.17 bits per heavy atom. The molecule has 0 aliphatic heterocycles. The summed E-state index contributed by atoms with van der Waals surface area (Å²) in [6.07, 6.45) is 0. The summed E-state index contributed by atoms with van der Waals surface area (Å²) in [5, 5.41) is 15.7. The highest BCUT2D eigenvalue weighted by Crippen LogP contribution is 2.27. The fraction of sp³-hybridized carbons (Fsp3) is 0.200. The third-order valence-corrected chi connectivity index (χ3v) is 4.56. The highest BCUT2D eigenvalue weighted by atomic mass is 32.1. The molecule has 3 heterocycles. The lowest BCUT2D eigenvalue weighted by Gasteiger charge is -2.05. The number of aromatic nitrogens is 4. The van der Waals surface area contributed by atoms with Crippen molar-refractivity contribution in [2.24, 2.45) is 0 Å². The van der Waals surface area contributed by atoms with E-state index in [0.717, 1.165) is 10.6 Å². The molecule has 7 nitrogen and oxygen atoms in total. The fourth-order valence-electron chi connectivity index (χ4n) is 2.17. The van der Waals surface area contributed by atoms with Crippen molar-refractivity contribution in [1.82, 2.24) is 20.4 Å². The maximum atomic E-state index is 12.3. The smallest absolute Gasteiger partial charge is 0.277 e. The Morgan fingerprint density at radius 2 is 1.96 bits per heavy atom. The topological polar surface area (TPSA) is 104 Å². The predicted octanol–water partition coefficient (Wildman–Crippen LogP) is 2.40. The van der Waals surface area contributed by atoms with Crippen LogP contribution < -0.4 is 10.9 Å². The molecule has 0 unspecified atom stereocenters. The molecule has 0 aliphatic rings. The van der Waals surface area contributed by atoms with E-state index in [1.54, 1.807) is 31.3 Å². The van der Waals surface area contributed by atoms with Crippen LogP contribution in [0.5, 0.6) is 0 Å². The lowest BCUT2D eigenvalue weighted by Crippen LogP contribution is -2.26. The van der Waals surface area contributed by atoms with Crippen LogP contribution in [0.1, 0.15) is 26.5 Å². The van der Waals surface area contributed by atoms with E-state index in [0.29, 0.717) is 17.1 Å². The van der Waals surface area contributed by atoms with Crippen LogP contribution in [0, 0.1) is 20.8 Å². The van der Waals surface area contributed by atoms with Crippen molar-refractivity contribution < 1.29 is 4.79 Å². The Morgan fingerprint density at radius 3 is 2.65 bits per heavy atom. The van der Waals surface area contributed by atoms with Crippen molar-refractivity contribution >= 4 is 23.1 Å². The van der Waals surface area contributed by atoms with Crippen molar-refractivity contribution in [1.29, 1.82) is 0 Å². The summed E-state index contributed by atoms with van der Waals surface area (Å²) in [4.78, 5) is 26.4. The standard InChI is InChI=1S/C15H15N5O2S/c1-7-4-5-11(23-7)10-6-12(19-18-10)16-14(21)13-8(2)9(3)17-20-15(13)22/h4-6H,1-3H3,(H,20,22)(H2,16,18,19,21). The largest absolute Gasteiger partial charge is 0.305 e. The second-order valence-electron chi connectivity index (χ2n) is 5.17. The molecule has 0 aliphatic carbocycles. The number of hydrogen-bond acceptors (Lipinski definition) is 5. The van der Waals surface area contributed by atoms with Crippen LogP contribution in [0.4, 0.5) is 5.82 Å². The first-order chi connectivity index (χ1) is 11.0. The van der Waals surface area contributed by atoms with Gasteiger partial charge in [-0.05, 0) is 38.5 Å². The molecule has 1 amide bonds. The molecular weight excluding hydrogens is 314 g/mol. The Hall–Kier alpha value is -2.74. The van der Waals surface area contributed by atoms with Crippen LogP contribution in [0.15, 0.2) is 23.0 Å². The maximum absolute atomic E-state index is 12.3. The van der Waals surface area contributed by atoms with Gasteiger partial charge in [0.15, 0.2) is 5.82 Å². The van der Waals surface area contributed by atoms with Gasteiger partial charge in [0, 0.05) is 10.9 Å². The zero-order valence-electron chi connectivity index (χ0n) is 12.9. The number of aryl methyl sites for hydroxylation is 2. The summed E-state index contributed by atoms with van der Waals surface area (Å²) >= 11 is 1.63. The Kier molecular flexibility index (Phi) is 3.83. The monoisotopic (exact) mass is 329 g/mol. The van der Waals surface area contributed by atoms with Crippen LogP contribution in [0.2, 0.25) is 0 Å². The molecule has 3 rings (SSSR count). The Bertz CT molecular complexity index is 937. The van der Waals surface area contributed by atoms with Crippen molar-refractivity contribution in [3.8, 4) is 10.6 Å². The van der Waals surface area contributed by atoms with Gasteiger partial charge in [0.05, 0.1) is 16.3 Å². The van der Waals surface area contributed by atoms with E-state index in [9.17, 15) is 9.59 Å². The SMILES string of the molecule is Cc1ccc(-c2cc(NC(=O)c3c(C)c(C)n[nH]c3=O)n[nH]2)s1. The molecule has 0 fully saturated rings. The first-order valence-corrected chi connectivity index (χ1v) is 7.77. The van der Waals surface area contributed by atoms with E-state index in [1.807, 2.05) is 19.1 Å². The number of carbonyl (C=O) groups is 1. The van der Waals surface area contributed by atoms with Crippen LogP contribution in [0.25, 0.3) is 10.6 Å². The summed E-state index contributed by atoms with van der Waals surface area (Å²) < 4.78 is 0. The Balaban J connectivity index is 1.86. The second-order valence-corrected chi connectivity index (χ2v) is 6.46. The zero-order valence-corrected chi connectivity index (χ0v) is 13.7. The summed E-state index contributed by atoms with van der Waals surface area (Å²) in [5.41, 5.74) is 1.50. The van der Waals surface area contributed by atoms with Gasteiger partial charge in [0.25, 0.3) is 11.5 Å². The number of nitrogens with zero attached hydrogens (tertiary/aromatic N) is 2. The van der Waals surface area contributed by atoms with Crippen molar-refractivity contribution in [3.63, 3.8) is 0 Å². The van der Waals surface area contributed by atoms with Crippen LogP contribution in [0.3, 0.4) is 0 Å². The summed E-state index contributed by atoms with van der Waals surface area (Å²) in [5.74, 6) is -0.140. The number of anilines is 1. The molecule has 0 spiro atoms. The lowest BCUT2D eigenvalue weighted by atomic mass is 10.1. The van der Waals surface area contributed by atoms with Gasteiger partial charge >= 0.3 is 0 Å². The zero-order chi connectivity index (χ0) is 16.6. The molecular formula is C15H15N5O2S. The highest BCUT2D eigenvalue weighted by molar-refractivity contribution is 7.15. The van der Waals surface area contributed by atoms with Crippen LogP contribution in [-0.4, -0.2) is 26.3 Å². The normalized spacial score (nSPS) is 10.7. The molecule has 0 atom stereocenters. The number of thiophene rings is 1. The van der Waals surface area contributed by atoms with Gasteiger partial charge in [-0.2, -0.15) is 10.2 Å². The van der Waals surface area contributed by atoms with Gasteiger partial charge in [-0.15, -0.1) is 11.3 Å². The molecule has 0 saturated heterocycles. The van der Waals surface area contributed by atoms with Crippen molar-refractivity contribution in [2.45, 2.75) is 20.8 Å². The number of hydrogen-bond donors (Lipinski definition) is 3. The number of amides is 1. The quantitative estimate of drug-likeness (QED) is 0.686. The van der Waals surface area contributed by atoms with Crippen LogP contribution >= 0.6 is 11.3 Å². The summed E-state index contributed by atoms with van der Waals surface area (Å²) in [6.45, 7) is 5.44. The minimum atomic E-state index is -0.518. The fourth-order valence-corrected chi connectivity index (χ4v) is 3.00. The van der Waals surface area contributed by atoms with E-state index in [-0.39, 0.29) is 5.56 Å². The van der Waals surface area contributed by atoms with E-state index in [4.69, 9.17) is 0 Å². The average molecular weight is 329 g/mol. The third kappa shape index (κ3) is 2.93. The molecule has 0 aromatic carbocycles. The average Bonchev–Trinajstić information content (AvgIpc) is 3.12. The van der Waals surface area contributed by atoms with Crippen LogP contribution in [-0.2, 0) is 0 Å². The molecule has 3 aromatic rings. The molecule has 8 heteroatoms. The second kappa shape index (κ2) is 5.81. The first-order valence-electron chi connectivity index (χ1n) is 6.95. The van der Waals surface area contributed by atoms with E-state index in [1.165, 1.54) is 4.88 Å². The van der Waals surface area contributed by atoms with Gasteiger partial charge in [0.2, 0.25) is 0 Å². The van der Waals surface area contributed by atoms with Gasteiger partial charge in [-0.25, -0.2) is 5.10 Å². The lowest BCUT2D eigenvalue weighted by molar-refractivity contribution is 0.102. The molecule has 118 valence electrons. The van der Waals surface area contributed by atoms with E-state index >= 15 is 0 Å². The van der Waals surface area contributed by atoms with E-state index in [2.05, 4.69) is 25.7 Å². The van der Waals surface area contributed by atoms with E-state index < -0.39 is 11.5 Å². The molecule has 3 N–H and O–H groups in total. The van der Waals surface area contributed by atoms with Gasteiger partial charge in [-0.1, -0.05) is 0 Å². The van der Waals surface area contributed by atoms with Gasteiger partial charge in [0.1, 0.15) is 5.56 Å². The number of nitrogens with one attached hydrogen (secondary N) is 3. The minimum Gasteiger partial charge on any atom is -0.305 e. The summed E-state index contributed by atoms with van der Waals surface area (Å²) in [7, 11) is 0. The van der Waals surface area contributed by atoms with Crippen molar-refractivity contribution in [3.05, 3.63) is 50.3 Å². The minimum absolute atomic E-state index is 0.0500. The molecule has 0 saturated carbocycles. The highest BCUT2D eigenvalue weighted by Gasteiger charge is 2.17. The van der Waals surface area contributed by atoms with Gasteiger partial charge in [-0.3, -0.25) is 14.7 Å². The molecule has 3 aromatic heterocycles. The number of H-pyrrole nitrogens is 2. The summed E-state index contributed by atoms with van der Waals surface area (Å²) in [6, 6.07) is 5.74.